The summed E-state index contributed by atoms with van der Waals surface area (Å²) in [7, 11) is 3.53. The van der Waals surface area contributed by atoms with E-state index >= 15 is 0 Å². The second-order valence-corrected chi connectivity index (χ2v) is 1.30. The number of hydrogen-bond acceptors (Lipinski definition) is 3. The first-order valence-corrected chi connectivity index (χ1v) is 1.86. The predicted octanol–water partition coefficient (Wildman–Crippen LogP) is -0.160. The molecule has 3 heteroatoms. The van der Waals surface area contributed by atoms with Crippen molar-refractivity contribution in [1.82, 2.24) is 4.90 Å². The molecule has 0 atom stereocenters. The molecule has 0 spiro atoms. The molecule has 1 radical (unpaired) electrons. The molecule has 0 rings (SSSR count). The van der Waals surface area contributed by atoms with Crippen LogP contribution >= 0.6 is 0 Å². The van der Waals surface area contributed by atoms with E-state index in [1.54, 1.807) is 19.0 Å². The van der Waals surface area contributed by atoms with Crippen LogP contribution < -0.4 is 0 Å². The quantitative estimate of drug-likeness (QED) is 0.464. The van der Waals surface area contributed by atoms with Crippen LogP contribution in [0.4, 0.5) is 0 Å². The molecule has 0 fully saturated rings. The van der Waals surface area contributed by atoms with Crippen molar-refractivity contribution in [3.05, 3.63) is 6.73 Å². The number of carbonyl (C=O) groups is 1. The van der Waals surface area contributed by atoms with Crippen LogP contribution in [0.25, 0.3) is 0 Å². The van der Waals surface area contributed by atoms with Gasteiger partial charge in [-0.05, 0) is 14.1 Å². The number of nitrogens with zero attached hydrogens (tertiary/aromatic N) is 1. The van der Waals surface area contributed by atoms with Crippen molar-refractivity contribution in [2.24, 2.45) is 0 Å². The highest BCUT2D eigenvalue weighted by Crippen LogP contribution is 1.78. The molecule has 0 aliphatic heterocycles. The lowest BCUT2D eigenvalue weighted by molar-refractivity contribution is -0.127. The van der Waals surface area contributed by atoms with Gasteiger partial charge in [0.25, 0.3) is 6.47 Å². The Morgan fingerprint density at radius 2 is 2.14 bits per heavy atom. The molecule has 3 nitrogen and oxygen atoms in total. The highest BCUT2D eigenvalue weighted by molar-refractivity contribution is 5.37. The molecule has 0 aromatic carbocycles. The average Bonchev–Trinajstić information content (AvgIpc) is 1.61. The van der Waals surface area contributed by atoms with E-state index < -0.39 is 0 Å². The number of rotatable bonds is 3. The summed E-state index contributed by atoms with van der Waals surface area (Å²) in [6.45, 7) is 1.69. The maximum Gasteiger partial charge on any atom is 0.294 e. The Morgan fingerprint density at radius 1 is 1.57 bits per heavy atom. The van der Waals surface area contributed by atoms with Crippen LogP contribution in [0.3, 0.4) is 0 Å². The topological polar surface area (TPSA) is 29.5 Å². The fourth-order valence-electron chi connectivity index (χ4n) is 0.147. The van der Waals surface area contributed by atoms with E-state index in [4.69, 9.17) is 0 Å². The fraction of sp³-hybridized carbons (Fsp3) is 0.500. The van der Waals surface area contributed by atoms with Crippen LogP contribution in [-0.4, -0.2) is 25.5 Å². The van der Waals surface area contributed by atoms with E-state index in [-0.39, 0.29) is 0 Å². The molecule has 0 aromatic rings. The minimum Gasteiger partial charge on any atom is -0.443 e. The Morgan fingerprint density at radius 3 is 2.29 bits per heavy atom. The Kier molecular flexibility index (Phi) is 3.32. The van der Waals surface area contributed by atoms with Gasteiger partial charge in [0.1, 0.15) is 0 Å². The molecule has 0 amide bonds. The number of hydrogen-bond donors (Lipinski definition) is 0. The van der Waals surface area contributed by atoms with Crippen molar-refractivity contribution in [3.63, 3.8) is 0 Å². The maximum atomic E-state index is 9.43. The van der Waals surface area contributed by atoms with Crippen LogP contribution in [0.2, 0.25) is 0 Å². The first-order valence-electron chi connectivity index (χ1n) is 1.86. The Balaban J connectivity index is 2.81. The van der Waals surface area contributed by atoms with Crippen molar-refractivity contribution >= 4 is 6.47 Å². The van der Waals surface area contributed by atoms with E-state index in [9.17, 15) is 4.79 Å². The zero-order valence-electron chi connectivity index (χ0n) is 4.42. The molecule has 0 aliphatic carbocycles. The van der Waals surface area contributed by atoms with E-state index in [0.29, 0.717) is 6.47 Å². The first-order chi connectivity index (χ1) is 3.27. The standard InChI is InChI=1S/C4H8NO2/c1-5(2)3-7-4-6/h3-4H,1-2H3. The fourth-order valence-corrected chi connectivity index (χ4v) is 0.147. The molecule has 0 aliphatic rings. The van der Waals surface area contributed by atoms with E-state index in [1.807, 2.05) is 0 Å². The summed E-state index contributed by atoms with van der Waals surface area (Å²) < 4.78 is 4.22. The van der Waals surface area contributed by atoms with Crippen molar-refractivity contribution in [2.75, 3.05) is 14.1 Å². The lowest BCUT2D eigenvalue weighted by Gasteiger charge is -2.02. The molecular weight excluding hydrogens is 94.0 g/mol. The third-order valence-corrected chi connectivity index (χ3v) is 0.327. The monoisotopic (exact) mass is 102 g/mol. The summed E-state index contributed by atoms with van der Waals surface area (Å²) >= 11 is 0. The van der Waals surface area contributed by atoms with Gasteiger partial charge in [0.05, 0.1) is 0 Å². The average molecular weight is 102 g/mol. The molecule has 0 heterocycles. The lowest BCUT2D eigenvalue weighted by Crippen LogP contribution is -2.08. The number of ether oxygens (including phenoxy) is 1. The van der Waals surface area contributed by atoms with Crippen molar-refractivity contribution in [1.29, 1.82) is 0 Å². The third kappa shape index (κ3) is 5.43. The van der Waals surface area contributed by atoms with Gasteiger partial charge in [-0.25, -0.2) is 0 Å². The molecule has 0 unspecified atom stereocenters. The van der Waals surface area contributed by atoms with Gasteiger partial charge in [0.2, 0.25) is 6.73 Å². The second kappa shape index (κ2) is 3.61. The van der Waals surface area contributed by atoms with E-state index in [0.717, 1.165) is 0 Å². The van der Waals surface area contributed by atoms with Crippen LogP contribution in [0.15, 0.2) is 0 Å². The summed E-state index contributed by atoms with van der Waals surface area (Å²) in [6, 6.07) is 0. The SMILES string of the molecule is CN(C)[CH]OC=O. The highest BCUT2D eigenvalue weighted by Gasteiger charge is 1.84. The van der Waals surface area contributed by atoms with Crippen LogP contribution in [0, 0.1) is 6.73 Å². The molecule has 0 saturated heterocycles. The third-order valence-electron chi connectivity index (χ3n) is 0.327. The number of carbonyl (C=O) groups excluding carboxylic acids is 1. The Bertz CT molecular complexity index is 53.7. The largest absolute Gasteiger partial charge is 0.443 e. The summed E-state index contributed by atoms with van der Waals surface area (Å²) in [4.78, 5) is 11.1. The highest BCUT2D eigenvalue weighted by atomic mass is 16.5. The van der Waals surface area contributed by atoms with Gasteiger partial charge < -0.3 is 4.74 Å². The van der Waals surface area contributed by atoms with Gasteiger partial charge >= 0.3 is 0 Å². The van der Waals surface area contributed by atoms with Crippen LogP contribution in [0.5, 0.6) is 0 Å². The zero-order chi connectivity index (χ0) is 5.70. The summed E-state index contributed by atoms with van der Waals surface area (Å²) in [5.41, 5.74) is 0. The summed E-state index contributed by atoms with van der Waals surface area (Å²) in [6.07, 6.45) is 0. The molecule has 0 N–H and O–H groups in total. The van der Waals surface area contributed by atoms with Gasteiger partial charge in [0, 0.05) is 0 Å². The maximum absolute atomic E-state index is 9.43. The van der Waals surface area contributed by atoms with Crippen molar-refractivity contribution < 1.29 is 9.53 Å². The van der Waals surface area contributed by atoms with Gasteiger partial charge in [-0.1, -0.05) is 0 Å². The normalized spacial score (nSPS) is 9.00. The molecular formula is C4H8NO2. The van der Waals surface area contributed by atoms with Crippen molar-refractivity contribution in [3.8, 4) is 0 Å². The minimum atomic E-state index is 0.375. The van der Waals surface area contributed by atoms with Gasteiger partial charge in [0.15, 0.2) is 0 Å². The van der Waals surface area contributed by atoms with Crippen LogP contribution in [-0.2, 0) is 9.53 Å². The predicted molar refractivity (Wildman–Crippen MR) is 25.1 cm³/mol. The molecule has 0 bridgehead atoms. The van der Waals surface area contributed by atoms with E-state index in [2.05, 4.69) is 4.74 Å². The van der Waals surface area contributed by atoms with Gasteiger partial charge in [-0.15, -0.1) is 0 Å². The summed E-state index contributed by atoms with van der Waals surface area (Å²) in [5, 5.41) is 0. The van der Waals surface area contributed by atoms with Gasteiger partial charge in [-0.3, -0.25) is 9.69 Å². The summed E-state index contributed by atoms with van der Waals surface area (Å²) in [5.74, 6) is 0. The first kappa shape index (κ1) is 6.43. The molecule has 41 valence electrons. The minimum absolute atomic E-state index is 0.375. The zero-order valence-corrected chi connectivity index (χ0v) is 4.42. The molecule has 0 saturated carbocycles. The molecule has 0 aromatic heterocycles. The van der Waals surface area contributed by atoms with Gasteiger partial charge in [-0.2, -0.15) is 0 Å². The second-order valence-electron chi connectivity index (χ2n) is 1.30. The Hall–Kier alpha value is -0.570. The lowest BCUT2D eigenvalue weighted by atomic mass is 10.9. The van der Waals surface area contributed by atoms with Crippen LogP contribution in [0.1, 0.15) is 0 Å². The van der Waals surface area contributed by atoms with Crippen molar-refractivity contribution in [2.45, 2.75) is 0 Å². The molecule has 7 heavy (non-hydrogen) atoms. The van der Waals surface area contributed by atoms with E-state index in [1.165, 1.54) is 6.73 Å². The Labute approximate surface area is 42.9 Å². The smallest absolute Gasteiger partial charge is 0.294 e.